The first-order valence-corrected chi connectivity index (χ1v) is 13.7. The number of ether oxygens (including phenoxy) is 1. The Kier molecular flexibility index (Phi) is 9.83. The molecule has 0 bridgehead atoms. The van der Waals surface area contributed by atoms with E-state index in [4.69, 9.17) is 4.74 Å². The normalized spacial score (nSPS) is 16.2. The molecule has 0 radical (unpaired) electrons. The highest BCUT2D eigenvalue weighted by Gasteiger charge is 2.39. The second kappa shape index (κ2) is 12.9. The van der Waals surface area contributed by atoms with Gasteiger partial charge in [0.1, 0.15) is 0 Å². The second-order valence-electron chi connectivity index (χ2n) is 10.7. The van der Waals surface area contributed by atoms with Crippen molar-refractivity contribution in [3.63, 3.8) is 0 Å². The largest absolute Gasteiger partial charge is 0.416 e. The van der Waals surface area contributed by atoms with Crippen molar-refractivity contribution in [3.05, 3.63) is 69.8 Å². The van der Waals surface area contributed by atoms with Crippen LogP contribution < -0.4 is 4.90 Å². The zero-order valence-electron chi connectivity index (χ0n) is 23.5. The molecule has 0 unspecified atom stereocenters. The summed E-state index contributed by atoms with van der Waals surface area (Å²) in [5.74, 6) is -0.278. The van der Waals surface area contributed by atoms with Crippen LogP contribution in [0.5, 0.6) is 0 Å². The van der Waals surface area contributed by atoms with Gasteiger partial charge in [0, 0.05) is 20.2 Å². The maximum absolute atomic E-state index is 13.9. The predicted octanol–water partition coefficient (Wildman–Crippen LogP) is 7.12. The lowest BCUT2D eigenvalue weighted by Gasteiger charge is -2.35. The Morgan fingerprint density at radius 3 is 1.93 bits per heavy atom. The van der Waals surface area contributed by atoms with Gasteiger partial charge in [-0.2, -0.15) is 44.3 Å². The minimum atomic E-state index is -5.11. The van der Waals surface area contributed by atoms with E-state index in [1.54, 1.807) is 0 Å². The molecule has 4 rings (SSSR count). The van der Waals surface area contributed by atoms with Gasteiger partial charge in [0.25, 0.3) is 5.95 Å². The number of hydrogen-bond donors (Lipinski definition) is 1. The average molecular weight is 640 g/mol. The summed E-state index contributed by atoms with van der Waals surface area (Å²) in [7, 11) is 1.45. The molecule has 1 aliphatic rings. The fourth-order valence-corrected chi connectivity index (χ4v) is 5.51. The Balaban J connectivity index is 1.86. The van der Waals surface area contributed by atoms with E-state index in [1.807, 2.05) is 0 Å². The van der Waals surface area contributed by atoms with Crippen LogP contribution in [0.1, 0.15) is 71.9 Å². The number of nitrogens with zero attached hydrogens (tertiary/aromatic N) is 5. The van der Waals surface area contributed by atoms with Crippen molar-refractivity contribution in [1.82, 2.24) is 20.2 Å². The standard InChI is InChI=1S/C28H30F9N5O2/c1-44-25(8-4-2-3-5-9-25)23-7-6-20(26(29,30)31)14-19(23)17-41(24-38-40-42(39-24)10-11-43)16-18-12-21(27(32,33)34)15-22(13-18)28(35,36)37/h6-7,12-15,43H,2-5,8-11,16-17H2,1H3. The number of aromatic nitrogens is 4. The van der Waals surface area contributed by atoms with E-state index < -0.39 is 66.1 Å². The topological polar surface area (TPSA) is 76.3 Å². The molecule has 1 N–H and O–H groups in total. The van der Waals surface area contributed by atoms with Gasteiger partial charge in [-0.05, 0) is 65.1 Å². The van der Waals surface area contributed by atoms with Gasteiger partial charge in [-0.15, -0.1) is 5.10 Å². The molecule has 1 aliphatic carbocycles. The molecule has 0 amide bonds. The van der Waals surface area contributed by atoms with Crippen LogP contribution in [0.2, 0.25) is 0 Å². The highest BCUT2D eigenvalue weighted by Crippen LogP contribution is 2.43. The second-order valence-corrected chi connectivity index (χ2v) is 10.7. The summed E-state index contributed by atoms with van der Waals surface area (Å²) < 4.78 is 129. The van der Waals surface area contributed by atoms with Crippen LogP contribution in [0.4, 0.5) is 45.5 Å². The first-order valence-electron chi connectivity index (χ1n) is 13.7. The fraction of sp³-hybridized carbons (Fsp3) is 0.536. The van der Waals surface area contributed by atoms with Crippen LogP contribution >= 0.6 is 0 Å². The van der Waals surface area contributed by atoms with E-state index in [1.165, 1.54) is 13.2 Å². The molecular weight excluding hydrogens is 609 g/mol. The Bertz CT molecular complexity index is 1380. The Morgan fingerprint density at radius 1 is 0.818 bits per heavy atom. The number of methoxy groups -OCH3 is 1. The zero-order chi connectivity index (χ0) is 32.3. The molecule has 1 aromatic heterocycles. The van der Waals surface area contributed by atoms with E-state index in [9.17, 15) is 44.6 Å². The first-order chi connectivity index (χ1) is 20.6. The van der Waals surface area contributed by atoms with Gasteiger partial charge in [-0.25, -0.2) is 0 Å². The lowest BCUT2D eigenvalue weighted by Crippen LogP contribution is -2.32. The number of alkyl halides is 9. The summed E-state index contributed by atoms with van der Waals surface area (Å²) in [6.07, 6.45) is -10.7. The summed E-state index contributed by atoms with van der Waals surface area (Å²) in [5, 5.41) is 20.9. The lowest BCUT2D eigenvalue weighted by atomic mass is 9.82. The number of tetrazole rings is 1. The zero-order valence-corrected chi connectivity index (χ0v) is 23.5. The van der Waals surface area contributed by atoms with Crippen LogP contribution in [0.3, 0.4) is 0 Å². The summed E-state index contributed by atoms with van der Waals surface area (Å²) >= 11 is 0. The Hall–Kier alpha value is -3.40. The van der Waals surface area contributed by atoms with Crippen molar-refractivity contribution in [2.24, 2.45) is 0 Å². The van der Waals surface area contributed by atoms with Crippen molar-refractivity contribution in [1.29, 1.82) is 0 Å². The maximum atomic E-state index is 13.9. The summed E-state index contributed by atoms with van der Waals surface area (Å²) in [5.41, 5.74) is -4.98. The lowest BCUT2D eigenvalue weighted by molar-refractivity contribution is -0.143. The first kappa shape index (κ1) is 33.5. The van der Waals surface area contributed by atoms with Gasteiger partial charge < -0.3 is 14.7 Å². The third-order valence-corrected chi connectivity index (χ3v) is 7.63. The molecule has 0 spiro atoms. The monoisotopic (exact) mass is 639 g/mol. The maximum Gasteiger partial charge on any atom is 0.416 e. The number of hydrogen-bond acceptors (Lipinski definition) is 6. The fourth-order valence-electron chi connectivity index (χ4n) is 5.51. The molecule has 7 nitrogen and oxygen atoms in total. The SMILES string of the molecule is COC1(c2ccc(C(F)(F)F)cc2CN(Cc2cc(C(F)(F)F)cc(C(F)(F)F)c2)c2nnn(CCO)n2)CCCCCC1. The molecule has 2 aromatic carbocycles. The van der Waals surface area contributed by atoms with E-state index in [0.717, 1.165) is 47.5 Å². The van der Waals surface area contributed by atoms with Gasteiger partial charge in [0.15, 0.2) is 0 Å². The number of aliphatic hydroxyl groups excluding tert-OH is 1. The Labute approximate surface area is 246 Å². The van der Waals surface area contributed by atoms with E-state index in [0.29, 0.717) is 30.5 Å². The van der Waals surface area contributed by atoms with Crippen LogP contribution in [0.15, 0.2) is 36.4 Å². The molecular formula is C28H30F9N5O2. The van der Waals surface area contributed by atoms with Crippen molar-refractivity contribution in [3.8, 4) is 0 Å². The predicted molar refractivity (Wildman–Crippen MR) is 139 cm³/mol. The van der Waals surface area contributed by atoms with E-state index in [-0.39, 0.29) is 24.1 Å². The summed E-state index contributed by atoms with van der Waals surface area (Å²) in [6, 6.07) is 4.20. The van der Waals surface area contributed by atoms with Crippen LogP contribution in [0.25, 0.3) is 0 Å². The van der Waals surface area contributed by atoms with Crippen LogP contribution in [0, 0.1) is 0 Å². The number of rotatable bonds is 9. The van der Waals surface area contributed by atoms with Gasteiger partial charge in [0.2, 0.25) is 0 Å². The number of aliphatic hydroxyl groups is 1. The third kappa shape index (κ3) is 7.81. The quantitative estimate of drug-likeness (QED) is 0.199. The van der Waals surface area contributed by atoms with Crippen LogP contribution in [-0.4, -0.2) is 39.0 Å². The highest BCUT2D eigenvalue weighted by atomic mass is 19.4. The molecule has 242 valence electrons. The number of benzene rings is 2. The highest BCUT2D eigenvalue weighted by molar-refractivity contribution is 5.43. The van der Waals surface area contributed by atoms with E-state index in [2.05, 4.69) is 15.4 Å². The Morgan fingerprint density at radius 2 is 1.41 bits per heavy atom. The number of halogens is 9. The van der Waals surface area contributed by atoms with Crippen molar-refractivity contribution >= 4 is 5.95 Å². The van der Waals surface area contributed by atoms with Gasteiger partial charge in [-0.1, -0.05) is 36.8 Å². The molecule has 1 heterocycles. The van der Waals surface area contributed by atoms with Crippen LogP contribution in [-0.2, 0) is 48.5 Å². The van der Waals surface area contributed by atoms with Crippen molar-refractivity contribution < 1.29 is 49.4 Å². The summed E-state index contributed by atoms with van der Waals surface area (Å²) in [4.78, 5) is 2.10. The number of anilines is 1. The van der Waals surface area contributed by atoms with E-state index >= 15 is 0 Å². The van der Waals surface area contributed by atoms with Gasteiger partial charge in [-0.3, -0.25) is 0 Å². The molecule has 0 saturated heterocycles. The third-order valence-electron chi connectivity index (χ3n) is 7.63. The average Bonchev–Trinajstić information content (AvgIpc) is 3.27. The molecule has 16 heteroatoms. The van der Waals surface area contributed by atoms with Crippen molar-refractivity contribution in [2.45, 2.75) is 82.3 Å². The minimum absolute atomic E-state index is 0.0110. The molecule has 1 fully saturated rings. The van der Waals surface area contributed by atoms with Gasteiger partial charge in [0.05, 0.1) is 35.4 Å². The minimum Gasteiger partial charge on any atom is -0.394 e. The van der Waals surface area contributed by atoms with Gasteiger partial charge >= 0.3 is 18.5 Å². The summed E-state index contributed by atoms with van der Waals surface area (Å²) in [6.45, 7) is -1.63. The molecule has 0 aliphatic heterocycles. The molecule has 3 aromatic rings. The smallest absolute Gasteiger partial charge is 0.394 e. The molecule has 0 atom stereocenters. The van der Waals surface area contributed by atoms with Crippen molar-refractivity contribution in [2.75, 3.05) is 18.6 Å². The molecule has 44 heavy (non-hydrogen) atoms. The molecule has 1 saturated carbocycles.